The van der Waals surface area contributed by atoms with Gasteiger partial charge in [-0.3, -0.25) is 4.79 Å². The number of hydrogen-bond donors (Lipinski definition) is 0. The Morgan fingerprint density at radius 2 is 1.63 bits per heavy atom. The first-order chi connectivity index (χ1) is 12.8. The van der Waals surface area contributed by atoms with E-state index in [-0.39, 0.29) is 6.61 Å². The van der Waals surface area contributed by atoms with E-state index >= 15 is 0 Å². The van der Waals surface area contributed by atoms with Crippen LogP contribution in [0.3, 0.4) is 0 Å². The smallest absolute Gasteiger partial charge is 0.430 e. The van der Waals surface area contributed by atoms with Crippen LogP contribution in [0.15, 0.2) is 60.7 Å². The Bertz CT molecular complexity index is 826. The van der Waals surface area contributed by atoms with Crippen LogP contribution in [-0.4, -0.2) is 36.8 Å². The van der Waals surface area contributed by atoms with Crippen molar-refractivity contribution in [1.29, 1.82) is 0 Å². The minimum absolute atomic E-state index is 0.235. The molecular formula is C19H16F3NO4. The fourth-order valence-corrected chi connectivity index (χ4v) is 3.14. The summed E-state index contributed by atoms with van der Waals surface area (Å²) in [6.45, 7) is -0.235. The first-order valence-corrected chi connectivity index (χ1v) is 8.05. The minimum atomic E-state index is -5.11. The van der Waals surface area contributed by atoms with Gasteiger partial charge in [-0.25, -0.2) is 9.69 Å². The van der Waals surface area contributed by atoms with Gasteiger partial charge < -0.3 is 9.47 Å². The van der Waals surface area contributed by atoms with Crippen LogP contribution in [0, 0.1) is 0 Å². The zero-order valence-electron chi connectivity index (χ0n) is 14.3. The highest BCUT2D eigenvalue weighted by atomic mass is 19.4. The minimum Gasteiger partial charge on any atom is -0.446 e. The number of hydrogen-bond acceptors (Lipinski definition) is 4. The number of benzene rings is 2. The highest BCUT2D eigenvalue weighted by molar-refractivity contribution is 5.99. The number of rotatable bonds is 4. The summed E-state index contributed by atoms with van der Waals surface area (Å²) < 4.78 is 51.9. The van der Waals surface area contributed by atoms with Crippen LogP contribution < -0.4 is 0 Å². The molecule has 0 saturated carbocycles. The number of imide groups is 1. The zero-order chi connectivity index (χ0) is 19.7. The van der Waals surface area contributed by atoms with E-state index in [1.54, 1.807) is 30.3 Å². The van der Waals surface area contributed by atoms with Crippen LogP contribution in [-0.2, 0) is 19.9 Å². The van der Waals surface area contributed by atoms with Gasteiger partial charge in [-0.1, -0.05) is 60.7 Å². The zero-order valence-corrected chi connectivity index (χ0v) is 14.3. The molecule has 0 aliphatic carbocycles. The molecule has 0 bridgehead atoms. The van der Waals surface area contributed by atoms with Gasteiger partial charge >= 0.3 is 12.3 Å². The SMILES string of the molecule is CO[C@@](C(=O)N1C(=O)OC[C@H]1c1ccccc1)(c1ccccc1)C(F)(F)F. The number of carbonyl (C=O) groups excluding carboxylic acids is 2. The van der Waals surface area contributed by atoms with Crippen molar-refractivity contribution in [2.24, 2.45) is 0 Å². The monoisotopic (exact) mass is 379 g/mol. The average molecular weight is 379 g/mol. The second kappa shape index (κ2) is 7.03. The number of nitrogens with zero attached hydrogens (tertiary/aromatic N) is 1. The molecule has 2 atom stereocenters. The third-order valence-electron chi connectivity index (χ3n) is 4.46. The molecule has 1 aliphatic rings. The predicted molar refractivity (Wildman–Crippen MR) is 88.6 cm³/mol. The third kappa shape index (κ3) is 3.06. The van der Waals surface area contributed by atoms with Crippen molar-refractivity contribution >= 4 is 12.0 Å². The van der Waals surface area contributed by atoms with E-state index in [0.717, 1.165) is 19.2 Å². The molecule has 0 spiro atoms. The average Bonchev–Trinajstić information content (AvgIpc) is 3.04. The second-order valence-corrected chi connectivity index (χ2v) is 5.93. The van der Waals surface area contributed by atoms with Crippen molar-refractivity contribution in [1.82, 2.24) is 4.90 Å². The Morgan fingerprint density at radius 3 is 2.15 bits per heavy atom. The van der Waals surface area contributed by atoms with Gasteiger partial charge in [0.25, 0.3) is 11.5 Å². The predicted octanol–water partition coefficient (Wildman–Crippen LogP) is 3.81. The Morgan fingerprint density at radius 1 is 1.07 bits per heavy atom. The molecule has 8 heteroatoms. The van der Waals surface area contributed by atoms with Crippen LogP contribution in [0.25, 0.3) is 0 Å². The molecule has 1 heterocycles. The van der Waals surface area contributed by atoms with Crippen LogP contribution in [0.1, 0.15) is 17.2 Å². The van der Waals surface area contributed by atoms with Gasteiger partial charge in [-0.05, 0) is 5.56 Å². The second-order valence-electron chi connectivity index (χ2n) is 5.93. The van der Waals surface area contributed by atoms with Crippen LogP contribution in [0.5, 0.6) is 0 Å². The molecule has 2 aromatic carbocycles. The lowest BCUT2D eigenvalue weighted by Gasteiger charge is -2.36. The molecule has 1 aliphatic heterocycles. The lowest BCUT2D eigenvalue weighted by atomic mass is 9.90. The fraction of sp³-hybridized carbons (Fsp3) is 0.263. The first-order valence-electron chi connectivity index (χ1n) is 8.05. The van der Waals surface area contributed by atoms with Crippen molar-refractivity contribution in [3.05, 3.63) is 71.8 Å². The summed E-state index contributed by atoms with van der Waals surface area (Å²) in [6, 6.07) is 13.8. The summed E-state index contributed by atoms with van der Waals surface area (Å²) in [5.74, 6) is -1.54. The van der Waals surface area contributed by atoms with Crippen LogP contribution in [0.2, 0.25) is 0 Å². The highest BCUT2D eigenvalue weighted by Gasteiger charge is 2.66. The molecule has 0 aromatic heterocycles. The van der Waals surface area contributed by atoms with E-state index in [9.17, 15) is 22.8 Å². The topological polar surface area (TPSA) is 55.8 Å². The summed E-state index contributed by atoms with van der Waals surface area (Å²) in [6.07, 6.45) is -6.25. The number of halogens is 3. The Hall–Kier alpha value is -2.87. The largest absolute Gasteiger partial charge is 0.446 e. The van der Waals surface area contributed by atoms with Gasteiger partial charge in [0.15, 0.2) is 0 Å². The fourth-order valence-electron chi connectivity index (χ4n) is 3.14. The third-order valence-corrected chi connectivity index (χ3v) is 4.46. The number of cyclic esters (lactones) is 1. The summed E-state index contributed by atoms with van der Waals surface area (Å²) in [7, 11) is 0.789. The summed E-state index contributed by atoms with van der Waals surface area (Å²) >= 11 is 0. The van der Waals surface area contributed by atoms with E-state index in [1.165, 1.54) is 18.2 Å². The van der Waals surface area contributed by atoms with Gasteiger partial charge in [0.2, 0.25) is 0 Å². The van der Waals surface area contributed by atoms with Crippen molar-refractivity contribution in [3.8, 4) is 0 Å². The number of methoxy groups -OCH3 is 1. The van der Waals surface area contributed by atoms with Gasteiger partial charge in [-0.2, -0.15) is 13.2 Å². The maximum Gasteiger partial charge on any atom is 0.430 e. The number of alkyl halides is 3. The maximum atomic E-state index is 14.1. The van der Waals surface area contributed by atoms with E-state index in [2.05, 4.69) is 0 Å². The first kappa shape index (κ1) is 18.9. The number of ether oxygens (including phenoxy) is 2. The standard InChI is InChI=1S/C19H16F3NO4/c1-26-18(19(20,21)22,14-10-6-3-7-11-14)16(24)23-15(12-27-17(23)25)13-8-4-2-5-9-13/h2-11,15H,12H2,1H3/t15-,18+/m0/s1. The Kier molecular flexibility index (Phi) is 4.93. The maximum absolute atomic E-state index is 14.1. The van der Waals surface area contributed by atoms with Crippen molar-refractivity contribution in [2.45, 2.75) is 17.8 Å². The molecule has 1 saturated heterocycles. The van der Waals surface area contributed by atoms with Gasteiger partial charge in [-0.15, -0.1) is 0 Å². The van der Waals surface area contributed by atoms with E-state index in [0.29, 0.717) is 10.5 Å². The Balaban J connectivity index is 2.12. The van der Waals surface area contributed by atoms with Crippen LogP contribution in [0.4, 0.5) is 18.0 Å². The molecule has 3 rings (SSSR count). The van der Waals surface area contributed by atoms with Crippen molar-refractivity contribution in [3.63, 3.8) is 0 Å². The van der Waals surface area contributed by atoms with E-state index in [1.807, 2.05) is 0 Å². The molecule has 5 nitrogen and oxygen atoms in total. The molecule has 2 amide bonds. The molecule has 0 radical (unpaired) electrons. The molecular weight excluding hydrogens is 363 g/mol. The normalized spacial score (nSPS) is 19.5. The summed E-state index contributed by atoms with van der Waals surface area (Å²) in [5, 5.41) is 0. The lowest BCUT2D eigenvalue weighted by Crippen LogP contribution is -2.57. The van der Waals surface area contributed by atoms with Crippen molar-refractivity contribution < 1.29 is 32.2 Å². The van der Waals surface area contributed by atoms with Gasteiger partial charge in [0.05, 0.1) is 0 Å². The van der Waals surface area contributed by atoms with E-state index in [4.69, 9.17) is 9.47 Å². The highest BCUT2D eigenvalue weighted by Crippen LogP contribution is 2.45. The summed E-state index contributed by atoms with van der Waals surface area (Å²) in [4.78, 5) is 25.8. The molecule has 142 valence electrons. The van der Waals surface area contributed by atoms with Gasteiger partial charge in [0, 0.05) is 12.7 Å². The number of amides is 2. The molecule has 0 N–H and O–H groups in total. The lowest BCUT2D eigenvalue weighted by molar-refractivity contribution is -0.269. The number of carbonyl (C=O) groups is 2. The van der Waals surface area contributed by atoms with E-state index < -0.39 is 35.4 Å². The molecule has 0 unspecified atom stereocenters. The Labute approximate surface area is 153 Å². The molecule has 27 heavy (non-hydrogen) atoms. The van der Waals surface area contributed by atoms with Crippen LogP contribution >= 0.6 is 0 Å². The molecule has 2 aromatic rings. The van der Waals surface area contributed by atoms with Gasteiger partial charge in [0.1, 0.15) is 12.6 Å². The summed E-state index contributed by atoms with van der Waals surface area (Å²) in [5.41, 5.74) is -3.27. The van der Waals surface area contributed by atoms with Crippen molar-refractivity contribution in [2.75, 3.05) is 13.7 Å². The molecule has 1 fully saturated rings. The quantitative estimate of drug-likeness (QED) is 0.811.